The molecule has 0 atom stereocenters. The molecule has 0 radical (unpaired) electrons. The van der Waals surface area contributed by atoms with Crippen LogP contribution >= 0.6 is 12.2 Å². The van der Waals surface area contributed by atoms with Crippen LogP contribution in [0, 0.1) is 10.1 Å². The largest absolute Gasteiger partial charge is 0.488 e. The number of fused-ring (bicyclic) bond motifs is 1. The summed E-state index contributed by atoms with van der Waals surface area (Å²) in [6, 6.07) is 17.3. The fraction of sp³-hybridized carbons (Fsp3) is 0.0870. The number of nitrogens with one attached hydrogen (secondary N) is 1. The zero-order valence-corrected chi connectivity index (χ0v) is 17.7. The highest BCUT2D eigenvalue weighted by atomic mass is 32.1. The molecule has 1 fully saturated rings. The Bertz CT molecular complexity index is 1320. The molecule has 8 nitrogen and oxygen atoms in total. The van der Waals surface area contributed by atoms with Gasteiger partial charge in [0.1, 0.15) is 17.9 Å². The fourth-order valence-electron chi connectivity index (χ4n) is 3.36. The number of nitro groups is 1. The molecule has 0 spiro atoms. The average molecular weight is 447 g/mol. The maximum atomic E-state index is 12.7. The second kappa shape index (κ2) is 8.56. The average Bonchev–Trinajstić information content (AvgIpc) is 2.79. The SMILES string of the molecule is CN1C(=O)/C(=C/c2c(OCc3cccc([N+](=O)[O-])c3)ccc3ccccc23)C(=O)NC1=S. The smallest absolute Gasteiger partial charge is 0.269 e. The first-order valence-corrected chi connectivity index (χ1v) is 9.99. The zero-order valence-electron chi connectivity index (χ0n) is 16.9. The van der Waals surface area contributed by atoms with E-state index in [9.17, 15) is 19.7 Å². The number of hydrogen-bond donors (Lipinski definition) is 1. The first-order valence-electron chi connectivity index (χ1n) is 9.58. The number of benzene rings is 3. The zero-order chi connectivity index (χ0) is 22.8. The molecule has 1 heterocycles. The van der Waals surface area contributed by atoms with Gasteiger partial charge >= 0.3 is 0 Å². The number of non-ortho nitro benzene ring substituents is 1. The predicted octanol–water partition coefficient (Wildman–Crippen LogP) is 3.58. The van der Waals surface area contributed by atoms with E-state index in [1.165, 1.54) is 30.2 Å². The van der Waals surface area contributed by atoms with Gasteiger partial charge in [0, 0.05) is 24.7 Å². The van der Waals surface area contributed by atoms with E-state index in [0.29, 0.717) is 16.9 Å². The Hall–Kier alpha value is -4.11. The van der Waals surface area contributed by atoms with Crippen LogP contribution in [-0.2, 0) is 16.2 Å². The minimum absolute atomic E-state index is 0.0320. The molecule has 160 valence electrons. The quantitative estimate of drug-likeness (QED) is 0.211. The van der Waals surface area contributed by atoms with Crippen LogP contribution in [-0.4, -0.2) is 33.8 Å². The predicted molar refractivity (Wildman–Crippen MR) is 123 cm³/mol. The summed E-state index contributed by atoms with van der Waals surface area (Å²) in [4.78, 5) is 36.9. The van der Waals surface area contributed by atoms with E-state index in [2.05, 4.69) is 5.32 Å². The van der Waals surface area contributed by atoms with Crippen molar-refractivity contribution in [3.8, 4) is 5.75 Å². The highest BCUT2D eigenvalue weighted by Crippen LogP contribution is 2.32. The molecule has 1 N–H and O–H groups in total. The summed E-state index contributed by atoms with van der Waals surface area (Å²) in [6.45, 7) is 0.0698. The maximum absolute atomic E-state index is 12.7. The number of carbonyl (C=O) groups excluding carboxylic acids is 2. The van der Waals surface area contributed by atoms with Crippen LogP contribution in [0.25, 0.3) is 16.8 Å². The normalized spacial score (nSPS) is 15.2. The lowest BCUT2D eigenvalue weighted by molar-refractivity contribution is -0.384. The van der Waals surface area contributed by atoms with E-state index in [4.69, 9.17) is 17.0 Å². The lowest BCUT2D eigenvalue weighted by Crippen LogP contribution is -2.52. The number of amides is 2. The van der Waals surface area contributed by atoms with Crippen molar-refractivity contribution < 1.29 is 19.2 Å². The number of thiocarbonyl (C=S) groups is 1. The molecule has 3 aromatic rings. The summed E-state index contributed by atoms with van der Waals surface area (Å²) < 4.78 is 5.98. The first-order chi connectivity index (χ1) is 15.3. The van der Waals surface area contributed by atoms with E-state index in [1.54, 1.807) is 18.2 Å². The Balaban J connectivity index is 1.76. The van der Waals surface area contributed by atoms with Crippen molar-refractivity contribution in [3.63, 3.8) is 0 Å². The van der Waals surface area contributed by atoms with Crippen molar-refractivity contribution in [1.82, 2.24) is 10.2 Å². The van der Waals surface area contributed by atoms with Gasteiger partial charge in [-0.1, -0.05) is 42.5 Å². The molecule has 32 heavy (non-hydrogen) atoms. The number of rotatable bonds is 5. The van der Waals surface area contributed by atoms with Gasteiger partial charge in [-0.3, -0.25) is 29.9 Å². The summed E-state index contributed by atoms with van der Waals surface area (Å²) in [5.74, 6) is -0.675. The van der Waals surface area contributed by atoms with E-state index < -0.39 is 16.7 Å². The molecule has 2 amide bonds. The van der Waals surface area contributed by atoms with Gasteiger partial charge in [0.2, 0.25) is 0 Å². The number of nitro benzene ring substituents is 1. The number of ether oxygens (including phenoxy) is 1. The van der Waals surface area contributed by atoms with Crippen LogP contribution in [0.4, 0.5) is 5.69 Å². The standard InChI is InChI=1S/C23H17N3O5S/c1-25-22(28)19(21(27)24-23(25)32)12-18-17-8-3-2-6-15(17)9-10-20(18)31-13-14-5-4-7-16(11-14)26(29)30/h2-12H,13H2,1H3,(H,24,27,32)/b19-12+. The Kier molecular flexibility index (Phi) is 5.65. The molecular weight excluding hydrogens is 430 g/mol. The van der Waals surface area contributed by atoms with E-state index >= 15 is 0 Å². The van der Waals surface area contributed by atoms with Gasteiger partial charge in [0.05, 0.1) is 4.92 Å². The van der Waals surface area contributed by atoms with Crippen molar-refractivity contribution in [3.05, 3.63) is 87.5 Å². The minimum Gasteiger partial charge on any atom is -0.488 e. The number of hydrogen-bond acceptors (Lipinski definition) is 6. The molecule has 9 heteroatoms. The lowest BCUT2D eigenvalue weighted by atomic mass is 10.00. The number of carbonyl (C=O) groups is 2. The summed E-state index contributed by atoms with van der Waals surface area (Å²) in [5, 5.41) is 15.3. The third-order valence-corrected chi connectivity index (χ3v) is 5.42. The van der Waals surface area contributed by atoms with E-state index in [1.807, 2.05) is 30.3 Å². The fourth-order valence-corrected chi connectivity index (χ4v) is 3.54. The van der Waals surface area contributed by atoms with Gasteiger partial charge in [-0.05, 0) is 40.7 Å². The second-order valence-electron chi connectivity index (χ2n) is 7.10. The van der Waals surface area contributed by atoms with Crippen molar-refractivity contribution in [2.45, 2.75) is 6.61 Å². The van der Waals surface area contributed by atoms with Crippen LogP contribution in [0.15, 0.2) is 66.2 Å². The lowest BCUT2D eigenvalue weighted by Gasteiger charge is -2.25. The summed E-state index contributed by atoms with van der Waals surface area (Å²) in [5.41, 5.74) is 1.06. The van der Waals surface area contributed by atoms with Crippen molar-refractivity contribution in [2.75, 3.05) is 7.05 Å². The van der Waals surface area contributed by atoms with Gasteiger partial charge in [0.25, 0.3) is 17.5 Å². The molecule has 1 aliphatic rings. The van der Waals surface area contributed by atoms with Crippen molar-refractivity contribution >= 4 is 51.7 Å². The second-order valence-corrected chi connectivity index (χ2v) is 7.48. The van der Waals surface area contributed by atoms with Crippen LogP contribution < -0.4 is 10.1 Å². The number of likely N-dealkylation sites (N-methyl/N-ethyl adjacent to an activating group) is 1. The van der Waals surface area contributed by atoms with Gasteiger partial charge in [0.15, 0.2) is 5.11 Å². The van der Waals surface area contributed by atoms with Crippen LogP contribution in [0.1, 0.15) is 11.1 Å². The van der Waals surface area contributed by atoms with Crippen LogP contribution in [0.3, 0.4) is 0 Å². The highest BCUT2D eigenvalue weighted by Gasteiger charge is 2.31. The Labute approximate surface area is 188 Å². The molecule has 0 bridgehead atoms. The number of nitrogens with zero attached hydrogens (tertiary/aromatic N) is 2. The van der Waals surface area contributed by atoms with Crippen LogP contribution in [0.2, 0.25) is 0 Å². The molecular formula is C23H17N3O5S. The third-order valence-electron chi connectivity index (χ3n) is 5.04. The highest BCUT2D eigenvalue weighted by molar-refractivity contribution is 7.80. The Morgan fingerprint density at radius 3 is 2.69 bits per heavy atom. The van der Waals surface area contributed by atoms with Crippen molar-refractivity contribution in [1.29, 1.82) is 0 Å². The molecule has 0 aliphatic carbocycles. The monoisotopic (exact) mass is 447 g/mol. The molecule has 1 aliphatic heterocycles. The topological polar surface area (TPSA) is 102 Å². The van der Waals surface area contributed by atoms with E-state index in [0.717, 1.165) is 10.8 Å². The molecule has 3 aromatic carbocycles. The summed E-state index contributed by atoms with van der Waals surface area (Å²) in [7, 11) is 1.49. The maximum Gasteiger partial charge on any atom is 0.269 e. The molecule has 0 aromatic heterocycles. The summed E-state index contributed by atoms with van der Waals surface area (Å²) in [6.07, 6.45) is 1.49. The van der Waals surface area contributed by atoms with Crippen molar-refractivity contribution in [2.24, 2.45) is 0 Å². The van der Waals surface area contributed by atoms with E-state index in [-0.39, 0.29) is 23.0 Å². The van der Waals surface area contributed by atoms with Crippen LogP contribution in [0.5, 0.6) is 5.75 Å². The molecule has 0 unspecified atom stereocenters. The van der Waals surface area contributed by atoms with Gasteiger partial charge < -0.3 is 4.74 Å². The minimum atomic E-state index is -0.587. The van der Waals surface area contributed by atoms with Gasteiger partial charge in [-0.2, -0.15) is 0 Å². The molecule has 0 saturated carbocycles. The molecule has 4 rings (SSSR count). The first kappa shape index (κ1) is 21.1. The van der Waals surface area contributed by atoms with Gasteiger partial charge in [-0.25, -0.2) is 0 Å². The Morgan fingerprint density at radius 1 is 1.12 bits per heavy atom. The third kappa shape index (κ3) is 4.06. The molecule has 1 saturated heterocycles. The summed E-state index contributed by atoms with van der Waals surface area (Å²) >= 11 is 5.00. The van der Waals surface area contributed by atoms with Gasteiger partial charge in [-0.15, -0.1) is 0 Å². The Morgan fingerprint density at radius 2 is 1.91 bits per heavy atom.